The van der Waals surface area contributed by atoms with Crippen LogP contribution in [0.25, 0.3) is 0 Å². The second-order valence-electron chi connectivity index (χ2n) is 4.58. The van der Waals surface area contributed by atoms with Crippen molar-refractivity contribution in [3.8, 4) is 0 Å². The molecule has 1 heterocycles. The fourth-order valence-electron chi connectivity index (χ4n) is 1.57. The molecule has 0 bridgehead atoms. The quantitative estimate of drug-likeness (QED) is 0.778. The number of rotatable bonds is 3. The largest absolute Gasteiger partial charge is 0.481 e. The highest BCUT2D eigenvalue weighted by molar-refractivity contribution is 7.99. The number of thioether (sulfide) groups is 1. The molecule has 82 valence electrons. The third-order valence-electron chi connectivity index (χ3n) is 2.68. The van der Waals surface area contributed by atoms with Crippen LogP contribution in [0.5, 0.6) is 0 Å². The van der Waals surface area contributed by atoms with E-state index in [0.29, 0.717) is 12.6 Å². The molecule has 1 aliphatic rings. The van der Waals surface area contributed by atoms with Gasteiger partial charge in [-0.3, -0.25) is 9.69 Å². The summed E-state index contributed by atoms with van der Waals surface area (Å²) in [7, 11) is 0. The Bertz CT molecular complexity index is 218. The molecule has 0 radical (unpaired) electrons. The van der Waals surface area contributed by atoms with Crippen molar-refractivity contribution in [2.24, 2.45) is 5.41 Å². The van der Waals surface area contributed by atoms with Crippen LogP contribution in [0.15, 0.2) is 0 Å². The number of carboxylic acids is 1. The van der Waals surface area contributed by atoms with Crippen LogP contribution >= 0.6 is 11.8 Å². The molecule has 0 saturated carbocycles. The second kappa shape index (κ2) is 4.53. The van der Waals surface area contributed by atoms with E-state index in [0.717, 1.165) is 18.1 Å². The Labute approximate surface area is 89.9 Å². The molecule has 1 saturated heterocycles. The maximum Gasteiger partial charge on any atom is 0.310 e. The minimum atomic E-state index is -0.706. The van der Waals surface area contributed by atoms with E-state index in [9.17, 15) is 4.79 Å². The Balaban J connectivity index is 2.53. The molecule has 0 spiro atoms. The van der Waals surface area contributed by atoms with Gasteiger partial charge in [0.25, 0.3) is 0 Å². The fourth-order valence-corrected chi connectivity index (χ4v) is 2.65. The van der Waals surface area contributed by atoms with Gasteiger partial charge in [-0.25, -0.2) is 0 Å². The minimum absolute atomic E-state index is 0.507. The lowest BCUT2D eigenvalue weighted by Crippen LogP contribution is -2.47. The zero-order valence-electron chi connectivity index (χ0n) is 9.12. The highest BCUT2D eigenvalue weighted by Gasteiger charge is 2.32. The second-order valence-corrected chi connectivity index (χ2v) is 5.73. The maximum absolute atomic E-state index is 11.0. The van der Waals surface area contributed by atoms with Crippen LogP contribution < -0.4 is 0 Å². The van der Waals surface area contributed by atoms with Crippen molar-refractivity contribution in [3.63, 3.8) is 0 Å². The molecular weight excluding hydrogens is 198 g/mol. The van der Waals surface area contributed by atoms with E-state index in [2.05, 4.69) is 11.8 Å². The van der Waals surface area contributed by atoms with Gasteiger partial charge in [0.1, 0.15) is 0 Å². The molecule has 1 rings (SSSR count). The van der Waals surface area contributed by atoms with Gasteiger partial charge in [-0.1, -0.05) is 0 Å². The van der Waals surface area contributed by atoms with E-state index in [1.54, 1.807) is 13.8 Å². The molecule has 4 heteroatoms. The zero-order valence-corrected chi connectivity index (χ0v) is 9.93. The SMILES string of the molecule is CC1CSCCN1CC(C)(C)C(=O)O. The highest BCUT2D eigenvalue weighted by atomic mass is 32.2. The van der Waals surface area contributed by atoms with E-state index in [1.165, 1.54) is 0 Å². The van der Waals surface area contributed by atoms with Crippen molar-refractivity contribution in [1.82, 2.24) is 4.90 Å². The molecule has 0 aromatic heterocycles. The number of hydrogen-bond acceptors (Lipinski definition) is 3. The zero-order chi connectivity index (χ0) is 10.8. The van der Waals surface area contributed by atoms with Gasteiger partial charge in [0, 0.05) is 30.6 Å². The normalized spacial score (nSPS) is 24.9. The lowest BCUT2D eigenvalue weighted by atomic mass is 9.92. The number of hydrogen-bond donors (Lipinski definition) is 1. The maximum atomic E-state index is 11.0. The first-order chi connectivity index (χ1) is 6.43. The van der Waals surface area contributed by atoms with Gasteiger partial charge in [-0.2, -0.15) is 11.8 Å². The summed E-state index contributed by atoms with van der Waals surface area (Å²) < 4.78 is 0. The van der Waals surface area contributed by atoms with Crippen molar-refractivity contribution in [3.05, 3.63) is 0 Å². The first-order valence-electron chi connectivity index (χ1n) is 4.98. The molecule has 0 aliphatic carbocycles. The standard InChI is InChI=1S/C10H19NO2S/c1-8-6-14-5-4-11(8)7-10(2,3)9(12)13/h8H,4-7H2,1-3H3,(H,12,13). The van der Waals surface area contributed by atoms with Crippen LogP contribution in [-0.2, 0) is 4.79 Å². The van der Waals surface area contributed by atoms with E-state index >= 15 is 0 Å². The summed E-state index contributed by atoms with van der Waals surface area (Å²) in [5.74, 6) is 1.54. The molecule has 3 nitrogen and oxygen atoms in total. The number of carbonyl (C=O) groups is 1. The molecule has 0 aromatic rings. The Kier molecular flexibility index (Phi) is 3.84. The molecule has 1 fully saturated rings. The predicted octanol–water partition coefficient (Wildman–Crippen LogP) is 1.53. The van der Waals surface area contributed by atoms with Crippen LogP contribution in [-0.4, -0.2) is 46.6 Å². The van der Waals surface area contributed by atoms with E-state index in [4.69, 9.17) is 5.11 Å². The first kappa shape index (κ1) is 11.9. The number of nitrogens with zero attached hydrogens (tertiary/aromatic N) is 1. The van der Waals surface area contributed by atoms with Gasteiger partial charge in [-0.15, -0.1) is 0 Å². The molecule has 1 aliphatic heterocycles. The van der Waals surface area contributed by atoms with Gasteiger partial charge in [0.2, 0.25) is 0 Å². The summed E-state index contributed by atoms with van der Waals surface area (Å²) in [5, 5.41) is 9.03. The molecule has 1 unspecified atom stereocenters. The van der Waals surface area contributed by atoms with Crippen molar-refractivity contribution < 1.29 is 9.90 Å². The van der Waals surface area contributed by atoms with Crippen molar-refractivity contribution in [2.45, 2.75) is 26.8 Å². The van der Waals surface area contributed by atoms with Gasteiger partial charge < -0.3 is 5.11 Å². The van der Waals surface area contributed by atoms with Crippen molar-refractivity contribution in [2.75, 3.05) is 24.6 Å². The van der Waals surface area contributed by atoms with E-state index in [1.807, 2.05) is 11.8 Å². The average molecular weight is 217 g/mol. The van der Waals surface area contributed by atoms with Gasteiger partial charge >= 0.3 is 5.97 Å². The summed E-state index contributed by atoms with van der Waals surface area (Å²) in [5.41, 5.74) is -0.629. The topological polar surface area (TPSA) is 40.5 Å². The van der Waals surface area contributed by atoms with Crippen LogP contribution in [0, 0.1) is 5.41 Å². The lowest BCUT2D eigenvalue weighted by molar-refractivity contribution is -0.148. The third-order valence-corrected chi connectivity index (χ3v) is 3.87. The summed E-state index contributed by atoms with van der Waals surface area (Å²) in [6.07, 6.45) is 0. The number of aliphatic carboxylic acids is 1. The Morgan fingerprint density at radius 2 is 2.29 bits per heavy atom. The average Bonchev–Trinajstić information content (AvgIpc) is 2.08. The molecule has 0 amide bonds. The molecule has 1 N–H and O–H groups in total. The smallest absolute Gasteiger partial charge is 0.310 e. The highest BCUT2D eigenvalue weighted by Crippen LogP contribution is 2.23. The molecule has 1 atom stereocenters. The molecule has 0 aromatic carbocycles. The fraction of sp³-hybridized carbons (Fsp3) is 0.900. The van der Waals surface area contributed by atoms with Crippen LogP contribution in [0.2, 0.25) is 0 Å². The Morgan fingerprint density at radius 1 is 1.64 bits per heavy atom. The van der Waals surface area contributed by atoms with Crippen molar-refractivity contribution in [1.29, 1.82) is 0 Å². The summed E-state index contributed by atoms with van der Waals surface area (Å²) in [4.78, 5) is 13.3. The van der Waals surface area contributed by atoms with E-state index in [-0.39, 0.29) is 0 Å². The van der Waals surface area contributed by atoms with Crippen LogP contribution in [0.4, 0.5) is 0 Å². The third kappa shape index (κ3) is 2.89. The Morgan fingerprint density at radius 3 is 2.79 bits per heavy atom. The molecular formula is C10H19NO2S. The summed E-state index contributed by atoms with van der Waals surface area (Å²) >= 11 is 1.95. The van der Waals surface area contributed by atoms with Crippen molar-refractivity contribution >= 4 is 17.7 Å². The van der Waals surface area contributed by atoms with Crippen LogP contribution in [0.3, 0.4) is 0 Å². The monoisotopic (exact) mass is 217 g/mol. The molecule has 14 heavy (non-hydrogen) atoms. The summed E-state index contributed by atoms with van der Waals surface area (Å²) in [6.45, 7) is 7.43. The number of carboxylic acid groups (broad SMARTS) is 1. The lowest BCUT2D eigenvalue weighted by Gasteiger charge is -2.37. The van der Waals surface area contributed by atoms with Crippen LogP contribution in [0.1, 0.15) is 20.8 Å². The van der Waals surface area contributed by atoms with Gasteiger partial charge in [0.05, 0.1) is 5.41 Å². The van der Waals surface area contributed by atoms with E-state index < -0.39 is 11.4 Å². The summed E-state index contributed by atoms with van der Waals surface area (Å²) in [6, 6.07) is 0.507. The first-order valence-corrected chi connectivity index (χ1v) is 6.14. The van der Waals surface area contributed by atoms with Gasteiger partial charge in [-0.05, 0) is 20.8 Å². The predicted molar refractivity (Wildman–Crippen MR) is 59.8 cm³/mol. The van der Waals surface area contributed by atoms with Gasteiger partial charge in [0.15, 0.2) is 0 Å². The Hall–Kier alpha value is -0.220. The minimum Gasteiger partial charge on any atom is -0.481 e.